The van der Waals surface area contributed by atoms with Crippen LogP contribution in [0.2, 0.25) is 0 Å². The summed E-state index contributed by atoms with van der Waals surface area (Å²) in [5.41, 5.74) is 0. The molecular weight excluding hydrogens is 160 g/mol. The molecule has 0 bridgehead atoms. The minimum Gasteiger partial charge on any atom is -0.396 e. The van der Waals surface area contributed by atoms with Crippen molar-refractivity contribution in [3.8, 4) is 0 Å². The second-order valence-electron chi connectivity index (χ2n) is 2.77. The summed E-state index contributed by atoms with van der Waals surface area (Å²) in [4.78, 5) is 6.36. The molecule has 60 valence electrons. The van der Waals surface area contributed by atoms with Gasteiger partial charge in [-0.25, -0.2) is 4.98 Å². The van der Waals surface area contributed by atoms with Crippen molar-refractivity contribution in [2.45, 2.75) is 0 Å². The molecule has 1 N–H and O–H groups in total. The van der Waals surface area contributed by atoms with Crippen LogP contribution in [0.4, 0.5) is 5.13 Å². The Morgan fingerprint density at radius 3 is 3.09 bits per heavy atom. The second kappa shape index (κ2) is 2.79. The highest BCUT2D eigenvalue weighted by atomic mass is 32.1. The maximum atomic E-state index is 8.76. The molecule has 1 saturated heterocycles. The predicted molar refractivity (Wildman–Crippen MR) is 44.9 cm³/mol. The lowest BCUT2D eigenvalue weighted by atomic mass is 10.0. The first-order valence-corrected chi connectivity index (χ1v) is 4.53. The van der Waals surface area contributed by atoms with Gasteiger partial charge in [-0.15, -0.1) is 11.3 Å². The molecular formula is C7H10N2OS. The predicted octanol–water partition coefficient (Wildman–Crippen LogP) is 0.572. The molecule has 11 heavy (non-hydrogen) atoms. The Morgan fingerprint density at radius 1 is 1.73 bits per heavy atom. The molecule has 0 saturated carbocycles. The number of anilines is 1. The zero-order chi connectivity index (χ0) is 7.68. The van der Waals surface area contributed by atoms with Gasteiger partial charge in [-0.05, 0) is 0 Å². The van der Waals surface area contributed by atoms with Gasteiger partial charge in [0.1, 0.15) is 0 Å². The van der Waals surface area contributed by atoms with E-state index >= 15 is 0 Å². The molecule has 0 spiro atoms. The van der Waals surface area contributed by atoms with Crippen LogP contribution in [-0.4, -0.2) is 29.8 Å². The molecule has 3 nitrogen and oxygen atoms in total. The summed E-state index contributed by atoms with van der Waals surface area (Å²) in [5, 5.41) is 11.8. The molecule has 4 heteroatoms. The second-order valence-corrected chi connectivity index (χ2v) is 3.64. The van der Waals surface area contributed by atoms with Crippen LogP contribution in [0, 0.1) is 5.92 Å². The van der Waals surface area contributed by atoms with Crippen LogP contribution in [-0.2, 0) is 0 Å². The highest BCUT2D eigenvalue weighted by Crippen LogP contribution is 2.25. The SMILES string of the molecule is OCC1CN(c2nccs2)C1. The van der Waals surface area contributed by atoms with Crippen LogP contribution in [0.15, 0.2) is 11.6 Å². The average molecular weight is 170 g/mol. The number of nitrogens with zero attached hydrogens (tertiary/aromatic N) is 2. The third-order valence-electron chi connectivity index (χ3n) is 1.91. The Morgan fingerprint density at radius 2 is 2.55 bits per heavy atom. The number of rotatable bonds is 2. The highest BCUT2D eigenvalue weighted by molar-refractivity contribution is 7.13. The van der Waals surface area contributed by atoms with E-state index in [0.717, 1.165) is 18.2 Å². The Labute approximate surface area is 69.3 Å². The zero-order valence-electron chi connectivity index (χ0n) is 6.10. The zero-order valence-corrected chi connectivity index (χ0v) is 6.92. The lowest BCUT2D eigenvalue weighted by Gasteiger charge is -2.37. The van der Waals surface area contributed by atoms with Crippen molar-refractivity contribution in [1.82, 2.24) is 4.98 Å². The van der Waals surface area contributed by atoms with Crippen LogP contribution in [0.25, 0.3) is 0 Å². The van der Waals surface area contributed by atoms with Crippen LogP contribution in [0.5, 0.6) is 0 Å². The van der Waals surface area contributed by atoms with E-state index in [1.807, 2.05) is 11.6 Å². The third kappa shape index (κ3) is 1.23. The number of hydrogen-bond acceptors (Lipinski definition) is 4. The lowest BCUT2D eigenvalue weighted by Crippen LogP contribution is -2.48. The van der Waals surface area contributed by atoms with Gasteiger partial charge in [0.25, 0.3) is 0 Å². The topological polar surface area (TPSA) is 36.4 Å². The van der Waals surface area contributed by atoms with Crippen LogP contribution in [0.1, 0.15) is 0 Å². The van der Waals surface area contributed by atoms with E-state index in [1.165, 1.54) is 0 Å². The number of aliphatic hydroxyl groups is 1. The first kappa shape index (κ1) is 7.06. The van der Waals surface area contributed by atoms with Crippen molar-refractivity contribution >= 4 is 16.5 Å². The quantitative estimate of drug-likeness (QED) is 0.705. The molecule has 1 aromatic heterocycles. The summed E-state index contributed by atoms with van der Waals surface area (Å²) < 4.78 is 0. The highest BCUT2D eigenvalue weighted by Gasteiger charge is 2.27. The molecule has 2 heterocycles. The average Bonchev–Trinajstić information content (AvgIpc) is 2.37. The molecule has 0 aliphatic carbocycles. The van der Waals surface area contributed by atoms with Crippen LogP contribution < -0.4 is 4.90 Å². The fourth-order valence-electron chi connectivity index (χ4n) is 1.21. The van der Waals surface area contributed by atoms with Crippen LogP contribution >= 0.6 is 11.3 Å². The van der Waals surface area contributed by atoms with E-state index in [1.54, 1.807) is 11.3 Å². The van der Waals surface area contributed by atoms with E-state index in [9.17, 15) is 0 Å². The van der Waals surface area contributed by atoms with Gasteiger partial charge >= 0.3 is 0 Å². The molecule has 0 unspecified atom stereocenters. The first-order valence-electron chi connectivity index (χ1n) is 3.65. The van der Waals surface area contributed by atoms with Crippen molar-refractivity contribution in [2.24, 2.45) is 5.92 Å². The van der Waals surface area contributed by atoms with Crippen molar-refractivity contribution in [2.75, 3.05) is 24.6 Å². The fourth-order valence-corrected chi connectivity index (χ4v) is 1.88. The van der Waals surface area contributed by atoms with Crippen molar-refractivity contribution in [1.29, 1.82) is 0 Å². The first-order chi connectivity index (χ1) is 5.40. The minimum absolute atomic E-state index is 0.307. The molecule has 1 aliphatic rings. The molecule has 0 amide bonds. The summed E-state index contributed by atoms with van der Waals surface area (Å²) in [7, 11) is 0. The van der Waals surface area contributed by atoms with Gasteiger partial charge in [0, 0.05) is 37.2 Å². The Kier molecular flexibility index (Phi) is 1.79. The molecule has 1 fully saturated rings. The van der Waals surface area contributed by atoms with Crippen LogP contribution in [0.3, 0.4) is 0 Å². The number of aromatic nitrogens is 1. The van der Waals surface area contributed by atoms with Crippen molar-refractivity contribution < 1.29 is 5.11 Å². The van der Waals surface area contributed by atoms with E-state index in [0.29, 0.717) is 12.5 Å². The largest absolute Gasteiger partial charge is 0.396 e. The summed E-state index contributed by atoms with van der Waals surface area (Å²) in [5.74, 6) is 0.471. The molecule has 0 radical (unpaired) electrons. The Bertz CT molecular complexity index is 218. The van der Waals surface area contributed by atoms with E-state index in [4.69, 9.17) is 5.11 Å². The Balaban J connectivity index is 1.92. The van der Waals surface area contributed by atoms with Gasteiger partial charge in [-0.3, -0.25) is 0 Å². The molecule has 1 aromatic rings. The summed E-state index contributed by atoms with van der Waals surface area (Å²) in [6.45, 7) is 2.23. The summed E-state index contributed by atoms with van der Waals surface area (Å²) in [6.07, 6.45) is 1.81. The van der Waals surface area contributed by atoms with E-state index in [2.05, 4.69) is 9.88 Å². The maximum Gasteiger partial charge on any atom is 0.185 e. The number of thiazole rings is 1. The molecule has 1 aliphatic heterocycles. The smallest absolute Gasteiger partial charge is 0.185 e. The molecule has 0 atom stereocenters. The monoisotopic (exact) mass is 170 g/mol. The van der Waals surface area contributed by atoms with Gasteiger partial charge in [0.2, 0.25) is 0 Å². The van der Waals surface area contributed by atoms with E-state index < -0.39 is 0 Å². The lowest BCUT2D eigenvalue weighted by molar-refractivity contribution is 0.200. The van der Waals surface area contributed by atoms with Gasteiger partial charge in [0.05, 0.1) is 0 Å². The summed E-state index contributed by atoms with van der Waals surface area (Å²) in [6, 6.07) is 0. The van der Waals surface area contributed by atoms with Crippen molar-refractivity contribution in [3.63, 3.8) is 0 Å². The molecule has 0 aromatic carbocycles. The molecule has 2 rings (SSSR count). The minimum atomic E-state index is 0.307. The number of aliphatic hydroxyl groups excluding tert-OH is 1. The standard InChI is InChI=1S/C7H10N2OS/c10-5-6-3-9(4-6)7-8-1-2-11-7/h1-2,6,10H,3-5H2. The fraction of sp³-hybridized carbons (Fsp3) is 0.571. The van der Waals surface area contributed by atoms with Gasteiger partial charge in [-0.2, -0.15) is 0 Å². The number of hydrogen-bond donors (Lipinski definition) is 1. The van der Waals surface area contributed by atoms with Gasteiger partial charge < -0.3 is 10.0 Å². The van der Waals surface area contributed by atoms with Gasteiger partial charge in [-0.1, -0.05) is 0 Å². The van der Waals surface area contributed by atoms with Crippen molar-refractivity contribution in [3.05, 3.63) is 11.6 Å². The third-order valence-corrected chi connectivity index (χ3v) is 2.74. The van der Waals surface area contributed by atoms with Gasteiger partial charge in [0.15, 0.2) is 5.13 Å². The maximum absolute atomic E-state index is 8.76. The normalized spacial score (nSPS) is 18.5. The summed E-state index contributed by atoms with van der Waals surface area (Å²) >= 11 is 1.65. The van der Waals surface area contributed by atoms with E-state index in [-0.39, 0.29) is 0 Å². The Hall–Kier alpha value is -0.610.